The monoisotopic (exact) mass is 378 g/mol. The fourth-order valence-corrected chi connectivity index (χ4v) is 4.68. The molecule has 146 valence electrons. The van der Waals surface area contributed by atoms with Crippen LogP contribution in [0, 0.1) is 17.6 Å². The van der Waals surface area contributed by atoms with E-state index in [1.54, 1.807) is 15.9 Å². The molecule has 3 saturated heterocycles. The number of nitrogens with zero attached hydrogens (tertiary/aromatic N) is 2. The molecule has 0 saturated carbocycles. The predicted octanol–water partition coefficient (Wildman–Crippen LogP) is 1.34. The minimum Gasteiger partial charge on any atom is -0.340 e. The smallest absolute Gasteiger partial charge is 0.245 e. The Balaban J connectivity index is 1.52. The van der Waals surface area contributed by atoms with E-state index in [9.17, 15) is 18.4 Å². The Labute approximate surface area is 156 Å². The molecule has 2 amide bonds. The van der Waals surface area contributed by atoms with Crippen LogP contribution in [0.4, 0.5) is 8.78 Å². The zero-order chi connectivity index (χ0) is 19.1. The van der Waals surface area contributed by atoms with Crippen molar-refractivity contribution in [3.63, 3.8) is 0 Å². The molecule has 3 aliphatic heterocycles. The second-order valence-electron chi connectivity index (χ2n) is 7.62. The van der Waals surface area contributed by atoms with Crippen LogP contribution in [0.15, 0.2) is 18.2 Å². The Bertz CT molecular complexity index is 759. The summed E-state index contributed by atoms with van der Waals surface area (Å²) >= 11 is 0. The molecular weight excluding hydrogens is 354 g/mol. The van der Waals surface area contributed by atoms with Crippen molar-refractivity contribution in [2.75, 3.05) is 19.6 Å². The molecule has 0 aliphatic carbocycles. The summed E-state index contributed by atoms with van der Waals surface area (Å²) < 4.78 is 27.9. The van der Waals surface area contributed by atoms with E-state index in [2.05, 4.69) is 10.9 Å². The number of hydrazine groups is 1. The molecule has 4 atom stereocenters. The van der Waals surface area contributed by atoms with Crippen LogP contribution in [-0.2, 0) is 9.59 Å². The van der Waals surface area contributed by atoms with Gasteiger partial charge >= 0.3 is 0 Å². The average molecular weight is 378 g/mol. The van der Waals surface area contributed by atoms with Crippen molar-refractivity contribution in [3.8, 4) is 0 Å². The lowest BCUT2D eigenvalue weighted by Gasteiger charge is -2.38. The molecule has 27 heavy (non-hydrogen) atoms. The number of amides is 2. The lowest BCUT2D eigenvalue weighted by Crippen LogP contribution is -2.53. The molecule has 3 fully saturated rings. The highest BCUT2D eigenvalue weighted by atomic mass is 19.2. The zero-order valence-electron chi connectivity index (χ0n) is 15.3. The van der Waals surface area contributed by atoms with Crippen molar-refractivity contribution < 1.29 is 18.4 Å². The number of halogens is 2. The van der Waals surface area contributed by atoms with Gasteiger partial charge in [0.15, 0.2) is 11.6 Å². The van der Waals surface area contributed by atoms with Gasteiger partial charge in [-0.05, 0) is 25.3 Å². The summed E-state index contributed by atoms with van der Waals surface area (Å²) in [5, 5.41) is 0. The lowest BCUT2D eigenvalue weighted by molar-refractivity contribution is -0.144. The Morgan fingerprint density at radius 1 is 1.15 bits per heavy atom. The van der Waals surface area contributed by atoms with Crippen molar-refractivity contribution in [3.05, 3.63) is 35.4 Å². The Kier molecular flexibility index (Phi) is 4.86. The molecular formula is C19H24F2N4O2. The van der Waals surface area contributed by atoms with Gasteiger partial charge in [0, 0.05) is 44.1 Å². The fourth-order valence-electron chi connectivity index (χ4n) is 4.68. The first-order valence-corrected chi connectivity index (χ1v) is 9.48. The van der Waals surface area contributed by atoms with E-state index in [-0.39, 0.29) is 29.3 Å². The van der Waals surface area contributed by atoms with E-state index in [4.69, 9.17) is 0 Å². The van der Waals surface area contributed by atoms with Gasteiger partial charge in [-0.15, -0.1) is 0 Å². The van der Waals surface area contributed by atoms with Gasteiger partial charge in [-0.1, -0.05) is 12.1 Å². The Morgan fingerprint density at radius 3 is 2.74 bits per heavy atom. The minimum atomic E-state index is -0.871. The molecule has 0 spiro atoms. The molecule has 0 radical (unpaired) electrons. The summed E-state index contributed by atoms with van der Waals surface area (Å²) in [6.45, 7) is 3.15. The van der Waals surface area contributed by atoms with Crippen molar-refractivity contribution in [2.24, 2.45) is 5.92 Å². The third-order valence-corrected chi connectivity index (χ3v) is 6.08. The highest BCUT2D eigenvalue weighted by Crippen LogP contribution is 2.36. The molecule has 1 aromatic carbocycles. The number of rotatable bonds is 2. The van der Waals surface area contributed by atoms with Gasteiger partial charge in [0.2, 0.25) is 11.8 Å². The summed E-state index contributed by atoms with van der Waals surface area (Å²) in [7, 11) is 0. The number of nitrogens with one attached hydrogen (secondary N) is 2. The van der Waals surface area contributed by atoms with Gasteiger partial charge in [0.05, 0.1) is 6.04 Å². The average Bonchev–Trinajstić information content (AvgIpc) is 3.30. The van der Waals surface area contributed by atoms with Crippen LogP contribution in [0.5, 0.6) is 0 Å². The van der Waals surface area contributed by atoms with Crippen LogP contribution in [-0.4, -0.2) is 53.3 Å². The van der Waals surface area contributed by atoms with E-state index in [0.29, 0.717) is 26.1 Å². The van der Waals surface area contributed by atoms with Crippen molar-refractivity contribution >= 4 is 11.8 Å². The van der Waals surface area contributed by atoms with Crippen LogP contribution in [0.3, 0.4) is 0 Å². The molecule has 8 heteroatoms. The van der Waals surface area contributed by atoms with Gasteiger partial charge in [-0.3, -0.25) is 15.0 Å². The summed E-state index contributed by atoms with van der Waals surface area (Å²) in [6, 6.07) is 3.47. The minimum absolute atomic E-state index is 0.0356. The third kappa shape index (κ3) is 3.21. The Hall–Kier alpha value is -2.06. The number of fused-ring (bicyclic) bond motifs is 1. The number of piperidine rings is 1. The molecule has 2 N–H and O–H groups in total. The molecule has 4 rings (SSSR count). The van der Waals surface area contributed by atoms with Crippen LogP contribution in [0.25, 0.3) is 0 Å². The molecule has 3 aliphatic rings. The number of hydrogen-bond acceptors (Lipinski definition) is 4. The molecule has 0 aromatic heterocycles. The SMILES string of the molecule is CC(=O)N1CCC[C@H]1C(=O)N1CCC2NNC(c3cccc(F)c3F)C2C1. The maximum absolute atomic E-state index is 14.3. The molecule has 3 heterocycles. The summed E-state index contributed by atoms with van der Waals surface area (Å²) in [4.78, 5) is 28.2. The van der Waals surface area contributed by atoms with Crippen LogP contribution < -0.4 is 10.9 Å². The zero-order valence-corrected chi connectivity index (χ0v) is 15.3. The molecule has 0 bridgehead atoms. The second kappa shape index (κ2) is 7.16. The van der Waals surface area contributed by atoms with Gasteiger partial charge in [0.1, 0.15) is 6.04 Å². The summed E-state index contributed by atoms with van der Waals surface area (Å²) in [5.74, 6) is -1.90. The normalized spacial score (nSPS) is 30.5. The molecule has 1 aromatic rings. The van der Waals surface area contributed by atoms with E-state index >= 15 is 0 Å². The van der Waals surface area contributed by atoms with E-state index in [1.807, 2.05) is 0 Å². The first kappa shape index (κ1) is 18.3. The summed E-state index contributed by atoms with van der Waals surface area (Å²) in [5.41, 5.74) is 6.52. The van der Waals surface area contributed by atoms with Crippen LogP contribution >= 0.6 is 0 Å². The third-order valence-electron chi connectivity index (χ3n) is 6.08. The van der Waals surface area contributed by atoms with Crippen molar-refractivity contribution in [2.45, 2.75) is 44.3 Å². The largest absolute Gasteiger partial charge is 0.340 e. The van der Waals surface area contributed by atoms with Gasteiger partial charge in [-0.2, -0.15) is 0 Å². The second-order valence-corrected chi connectivity index (χ2v) is 7.62. The molecule has 3 unspecified atom stereocenters. The van der Waals surface area contributed by atoms with Gasteiger partial charge in [0.25, 0.3) is 0 Å². The standard InChI is InChI=1S/C19H24F2N4O2/c1-11(26)25-8-3-6-16(25)19(27)24-9-7-15-13(10-24)18(23-22-15)12-4-2-5-14(20)17(12)21/h2,4-5,13,15-16,18,22-23H,3,6-10H2,1H3/t13?,15?,16-,18?/m0/s1. The highest BCUT2D eigenvalue weighted by Gasteiger charge is 2.44. The first-order valence-electron chi connectivity index (χ1n) is 9.48. The maximum atomic E-state index is 14.3. The van der Waals surface area contributed by atoms with E-state index < -0.39 is 23.7 Å². The lowest BCUT2D eigenvalue weighted by atomic mass is 9.84. The van der Waals surface area contributed by atoms with E-state index in [1.165, 1.54) is 13.0 Å². The summed E-state index contributed by atoms with van der Waals surface area (Å²) in [6.07, 6.45) is 2.24. The van der Waals surface area contributed by atoms with Gasteiger partial charge in [-0.25, -0.2) is 14.2 Å². The Morgan fingerprint density at radius 2 is 1.96 bits per heavy atom. The van der Waals surface area contributed by atoms with Crippen molar-refractivity contribution in [1.82, 2.24) is 20.7 Å². The number of carbonyl (C=O) groups excluding carboxylic acids is 2. The number of carbonyl (C=O) groups is 2. The fraction of sp³-hybridized carbons (Fsp3) is 0.579. The first-order chi connectivity index (χ1) is 13.0. The maximum Gasteiger partial charge on any atom is 0.245 e. The van der Waals surface area contributed by atoms with Gasteiger partial charge < -0.3 is 9.80 Å². The number of likely N-dealkylation sites (tertiary alicyclic amines) is 2. The number of hydrogen-bond donors (Lipinski definition) is 2. The van der Waals surface area contributed by atoms with Crippen LogP contribution in [0.1, 0.15) is 37.8 Å². The molecule has 6 nitrogen and oxygen atoms in total. The van der Waals surface area contributed by atoms with Crippen molar-refractivity contribution in [1.29, 1.82) is 0 Å². The number of benzene rings is 1. The highest BCUT2D eigenvalue weighted by molar-refractivity contribution is 5.87. The van der Waals surface area contributed by atoms with E-state index in [0.717, 1.165) is 18.9 Å². The van der Waals surface area contributed by atoms with Crippen LogP contribution in [0.2, 0.25) is 0 Å². The topological polar surface area (TPSA) is 64.7 Å². The quantitative estimate of drug-likeness (QED) is 0.815. The predicted molar refractivity (Wildman–Crippen MR) is 94.3 cm³/mol.